The molecule has 20 heavy (non-hydrogen) atoms. The van der Waals surface area contributed by atoms with Crippen molar-refractivity contribution >= 4 is 0 Å². The van der Waals surface area contributed by atoms with Crippen LogP contribution in [-0.2, 0) is 10.9 Å². The molecule has 0 saturated carbocycles. The first-order valence-corrected chi connectivity index (χ1v) is 6.60. The summed E-state index contributed by atoms with van der Waals surface area (Å²) in [7, 11) is 0. The molecule has 1 heterocycles. The Labute approximate surface area is 115 Å². The summed E-state index contributed by atoms with van der Waals surface area (Å²) in [5, 5.41) is 13.0. The molecule has 0 amide bonds. The second kappa shape index (κ2) is 6.56. The van der Waals surface area contributed by atoms with Crippen molar-refractivity contribution in [3.8, 4) is 0 Å². The van der Waals surface area contributed by atoms with Gasteiger partial charge < -0.3 is 15.2 Å². The Morgan fingerprint density at radius 3 is 2.85 bits per heavy atom. The molecule has 0 radical (unpaired) electrons. The molecule has 112 valence electrons. The molecule has 0 spiro atoms. The standard InChI is InChI=1S/C14H18F3NO2/c15-14(16,17)12-3-1-2-11(6-12)13(19)8-18-7-10-4-5-20-9-10/h1-3,6,10,13,18-19H,4-5,7-9H2. The lowest BCUT2D eigenvalue weighted by atomic mass is 10.1. The summed E-state index contributed by atoms with van der Waals surface area (Å²) < 4.78 is 43.0. The molecule has 1 fully saturated rings. The summed E-state index contributed by atoms with van der Waals surface area (Å²) in [6.07, 6.45) is -4.35. The summed E-state index contributed by atoms with van der Waals surface area (Å²) in [6, 6.07) is 4.80. The van der Waals surface area contributed by atoms with Gasteiger partial charge in [-0.25, -0.2) is 0 Å². The number of ether oxygens (including phenoxy) is 1. The Kier molecular flexibility index (Phi) is 5.01. The largest absolute Gasteiger partial charge is 0.416 e. The summed E-state index contributed by atoms with van der Waals surface area (Å²) in [6.45, 7) is 2.39. The van der Waals surface area contributed by atoms with Crippen LogP contribution in [0.25, 0.3) is 0 Å². The van der Waals surface area contributed by atoms with E-state index in [4.69, 9.17) is 4.74 Å². The molecule has 2 atom stereocenters. The van der Waals surface area contributed by atoms with Crippen molar-refractivity contribution in [1.29, 1.82) is 0 Å². The minimum Gasteiger partial charge on any atom is -0.387 e. The first-order valence-electron chi connectivity index (χ1n) is 6.60. The third kappa shape index (κ3) is 4.19. The van der Waals surface area contributed by atoms with Crippen LogP contribution in [0.5, 0.6) is 0 Å². The van der Waals surface area contributed by atoms with Crippen LogP contribution in [0.4, 0.5) is 13.2 Å². The van der Waals surface area contributed by atoms with Gasteiger partial charge in [-0.2, -0.15) is 13.2 Å². The van der Waals surface area contributed by atoms with E-state index in [0.717, 1.165) is 25.2 Å². The van der Waals surface area contributed by atoms with Crippen molar-refractivity contribution < 1.29 is 23.0 Å². The fraction of sp³-hybridized carbons (Fsp3) is 0.571. The molecule has 2 rings (SSSR count). The van der Waals surface area contributed by atoms with Crippen molar-refractivity contribution in [2.24, 2.45) is 5.92 Å². The van der Waals surface area contributed by atoms with Gasteiger partial charge in [0.1, 0.15) is 0 Å². The molecule has 0 aromatic heterocycles. The van der Waals surface area contributed by atoms with E-state index in [1.807, 2.05) is 0 Å². The molecular formula is C14H18F3NO2. The number of alkyl halides is 3. The van der Waals surface area contributed by atoms with Gasteiger partial charge in [0, 0.05) is 19.7 Å². The number of aliphatic hydroxyl groups is 1. The molecule has 2 unspecified atom stereocenters. The summed E-state index contributed by atoms with van der Waals surface area (Å²) >= 11 is 0. The van der Waals surface area contributed by atoms with Crippen LogP contribution in [0, 0.1) is 5.92 Å². The van der Waals surface area contributed by atoms with Gasteiger partial charge in [0.05, 0.1) is 18.3 Å². The predicted octanol–water partition coefficient (Wildman–Crippen LogP) is 2.36. The summed E-state index contributed by atoms with van der Waals surface area (Å²) in [5.74, 6) is 0.420. The van der Waals surface area contributed by atoms with Crippen molar-refractivity contribution in [2.75, 3.05) is 26.3 Å². The van der Waals surface area contributed by atoms with Crippen molar-refractivity contribution in [3.63, 3.8) is 0 Å². The fourth-order valence-corrected chi connectivity index (χ4v) is 2.21. The van der Waals surface area contributed by atoms with E-state index in [0.29, 0.717) is 19.1 Å². The lowest BCUT2D eigenvalue weighted by Crippen LogP contribution is -2.27. The topological polar surface area (TPSA) is 41.5 Å². The monoisotopic (exact) mass is 289 g/mol. The Morgan fingerprint density at radius 2 is 2.20 bits per heavy atom. The van der Waals surface area contributed by atoms with Gasteiger partial charge in [0.25, 0.3) is 0 Å². The number of nitrogens with one attached hydrogen (secondary N) is 1. The van der Waals surface area contributed by atoms with E-state index in [-0.39, 0.29) is 12.1 Å². The predicted molar refractivity (Wildman–Crippen MR) is 68.2 cm³/mol. The number of benzene rings is 1. The van der Waals surface area contributed by atoms with Crippen LogP contribution >= 0.6 is 0 Å². The summed E-state index contributed by atoms with van der Waals surface area (Å²) in [4.78, 5) is 0. The Morgan fingerprint density at radius 1 is 1.40 bits per heavy atom. The molecule has 2 N–H and O–H groups in total. The van der Waals surface area contributed by atoms with E-state index in [9.17, 15) is 18.3 Å². The highest BCUT2D eigenvalue weighted by atomic mass is 19.4. The van der Waals surface area contributed by atoms with Crippen molar-refractivity contribution in [2.45, 2.75) is 18.7 Å². The van der Waals surface area contributed by atoms with Crippen LogP contribution in [0.1, 0.15) is 23.7 Å². The first-order chi connectivity index (χ1) is 9.47. The maximum Gasteiger partial charge on any atom is 0.416 e. The Hall–Kier alpha value is -1.11. The molecule has 0 bridgehead atoms. The van der Waals surface area contributed by atoms with E-state index >= 15 is 0 Å². The van der Waals surface area contributed by atoms with Gasteiger partial charge in [-0.3, -0.25) is 0 Å². The average molecular weight is 289 g/mol. The number of halogens is 3. The quantitative estimate of drug-likeness (QED) is 0.874. The molecule has 1 saturated heterocycles. The zero-order chi connectivity index (χ0) is 14.6. The van der Waals surface area contributed by atoms with Gasteiger partial charge in [0.2, 0.25) is 0 Å². The minimum absolute atomic E-state index is 0.234. The molecule has 0 aliphatic carbocycles. The summed E-state index contributed by atoms with van der Waals surface area (Å²) in [5.41, 5.74) is -0.465. The number of rotatable bonds is 5. The maximum absolute atomic E-state index is 12.6. The van der Waals surface area contributed by atoms with Gasteiger partial charge in [-0.15, -0.1) is 0 Å². The fourth-order valence-electron chi connectivity index (χ4n) is 2.21. The van der Waals surface area contributed by atoms with E-state index in [1.165, 1.54) is 12.1 Å². The lowest BCUT2D eigenvalue weighted by Gasteiger charge is -2.15. The lowest BCUT2D eigenvalue weighted by molar-refractivity contribution is -0.137. The molecule has 1 aliphatic heterocycles. The van der Waals surface area contributed by atoms with Crippen LogP contribution < -0.4 is 5.32 Å². The highest BCUT2D eigenvalue weighted by molar-refractivity contribution is 5.27. The number of aliphatic hydroxyl groups excluding tert-OH is 1. The number of hydrogen-bond donors (Lipinski definition) is 2. The zero-order valence-electron chi connectivity index (χ0n) is 11.0. The molecule has 6 heteroatoms. The van der Waals surface area contributed by atoms with Crippen LogP contribution in [0.3, 0.4) is 0 Å². The molecule has 1 aromatic rings. The van der Waals surface area contributed by atoms with Crippen LogP contribution in [-0.4, -0.2) is 31.4 Å². The second-order valence-corrected chi connectivity index (χ2v) is 5.03. The van der Waals surface area contributed by atoms with E-state index in [1.54, 1.807) is 0 Å². The van der Waals surface area contributed by atoms with Crippen LogP contribution in [0.15, 0.2) is 24.3 Å². The van der Waals surface area contributed by atoms with Crippen LogP contribution in [0.2, 0.25) is 0 Å². The van der Waals surface area contributed by atoms with Gasteiger partial charge in [0.15, 0.2) is 0 Å². The normalized spacial score (nSPS) is 21.1. The number of hydrogen-bond acceptors (Lipinski definition) is 3. The van der Waals surface area contributed by atoms with E-state index < -0.39 is 17.8 Å². The van der Waals surface area contributed by atoms with Crippen molar-refractivity contribution in [3.05, 3.63) is 35.4 Å². The SMILES string of the molecule is OC(CNCC1CCOC1)c1cccc(C(F)(F)F)c1. The van der Waals surface area contributed by atoms with Gasteiger partial charge >= 0.3 is 6.18 Å². The first kappa shape index (κ1) is 15.3. The Balaban J connectivity index is 1.86. The van der Waals surface area contributed by atoms with Crippen molar-refractivity contribution in [1.82, 2.24) is 5.32 Å². The molecule has 1 aromatic carbocycles. The second-order valence-electron chi connectivity index (χ2n) is 5.03. The zero-order valence-corrected chi connectivity index (χ0v) is 11.0. The maximum atomic E-state index is 12.6. The smallest absolute Gasteiger partial charge is 0.387 e. The minimum atomic E-state index is -4.38. The van der Waals surface area contributed by atoms with E-state index in [2.05, 4.69) is 5.32 Å². The van der Waals surface area contributed by atoms with Gasteiger partial charge in [-0.05, 0) is 30.0 Å². The third-order valence-electron chi connectivity index (χ3n) is 3.39. The third-order valence-corrected chi connectivity index (χ3v) is 3.39. The molecule has 1 aliphatic rings. The highest BCUT2D eigenvalue weighted by Gasteiger charge is 2.30. The highest BCUT2D eigenvalue weighted by Crippen LogP contribution is 2.30. The Bertz CT molecular complexity index is 431. The molecular weight excluding hydrogens is 271 g/mol. The van der Waals surface area contributed by atoms with Gasteiger partial charge in [-0.1, -0.05) is 12.1 Å². The average Bonchev–Trinajstić information content (AvgIpc) is 2.91. The molecule has 3 nitrogen and oxygen atoms in total.